The van der Waals surface area contributed by atoms with Gasteiger partial charge in [-0.3, -0.25) is 19.4 Å². The molecule has 180 valence electrons. The van der Waals surface area contributed by atoms with Crippen molar-refractivity contribution < 1.29 is 18.7 Å². The fraction of sp³-hybridized carbons (Fsp3) is 0.615. The molecule has 1 aliphatic carbocycles. The van der Waals surface area contributed by atoms with Gasteiger partial charge in [0, 0.05) is 42.9 Å². The Hall–Kier alpha value is -1.70. The highest BCUT2D eigenvalue weighted by Crippen LogP contribution is 2.39. The Morgan fingerprint density at radius 3 is 2.70 bits per heavy atom. The van der Waals surface area contributed by atoms with Gasteiger partial charge in [0.05, 0.1) is 18.6 Å². The fourth-order valence-corrected chi connectivity index (χ4v) is 5.35. The van der Waals surface area contributed by atoms with Gasteiger partial charge in [0.2, 0.25) is 0 Å². The summed E-state index contributed by atoms with van der Waals surface area (Å²) in [7, 11) is 0. The number of benzene rings is 1. The topological polar surface area (TPSA) is 49.9 Å². The third-order valence-electron chi connectivity index (χ3n) is 7.05. The van der Waals surface area contributed by atoms with Crippen LogP contribution in [0.25, 0.3) is 0 Å². The third kappa shape index (κ3) is 6.06. The van der Waals surface area contributed by atoms with Crippen molar-refractivity contribution in [1.82, 2.24) is 9.80 Å². The number of halogens is 1. The number of piperidine rings is 2. The van der Waals surface area contributed by atoms with Gasteiger partial charge >= 0.3 is 5.97 Å². The number of hydrogen-bond donors (Lipinski definition) is 1. The normalized spacial score (nSPS) is 26.8. The number of rotatable bonds is 8. The molecule has 3 aliphatic rings. The molecule has 2 aliphatic heterocycles. The minimum Gasteiger partial charge on any atom is -0.466 e. The van der Waals surface area contributed by atoms with Crippen LogP contribution in [-0.2, 0) is 14.3 Å². The van der Waals surface area contributed by atoms with Gasteiger partial charge in [-0.15, -0.1) is 0 Å². The lowest BCUT2D eigenvalue weighted by Gasteiger charge is -2.38. The highest BCUT2D eigenvalue weighted by Gasteiger charge is 2.40. The lowest BCUT2D eigenvalue weighted by molar-refractivity contribution is -0.149. The van der Waals surface area contributed by atoms with Crippen molar-refractivity contribution in [2.45, 2.75) is 50.3 Å². The van der Waals surface area contributed by atoms with E-state index in [1.807, 2.05) is 13.0 Å². The summed E-state index contributed by atoms with van der Waals surface area (Å²) in [6, 6.07) is 6.14. The molecule has 1 aromatic carbocycles. The summed E-state index contributed by atoms with van der Waals surface area (Å²) >= 11 is 4.81. The van der Waals surface area contributed by atoms with Crippen LogP contribution in [-0.4, -0.2) is 66.1 Å². The average Bonchev–Trinajstić information content (AvgIpc) is 3.66. The molecule has 1 aromatic rings. The Morgan fingerprint density at radius 1 is 1.18 bits per heavy atom. The largest absolute Gasteiger partial charge is 0.466 e. The van der Waals surface area contributed by atoms with Crippen LogP contribution in [0.1, 0.15) is 50.6 Å². The lowest BCUT2D eigenvalue weighted by atomic mass is 9.93. The number of esters is 1. The molecule has 5 nitrogen and oxygen atoms in total. The molecule has 4 rings (SSSR count). The number of ether oxygens (including phenoxy) is 1. The number of carbonyl (C=O) groups is 2. The number of likely N-dealkylation sites (tertiary alicyclic amines) is 2. The minimum absolute atomic E-state index is 0.0592. The monoisotopic (exact) mass is 474 g/mol. The van der Waals surface area contributed by atoms with Crippen LogP contribution in [0.2, 0.25) is 0 Å². The second kappa shape index (κ2) is 11.2. The first-order chi connectivity index (χ1) is 16.0. The summed E-state index contributed by atoms with van der Waals surface area (Å²) in [5.74, 6) is -0.270. The summed E-state index contributed by atoms with van der Waals surface area (Å²) in [6.45, 7) is 6.00. The number of thiol groups is 1. The molecule has 0 bridgehead atoms. The van der Waals surface area contributed by atoms with Gasteiger partial charge in [0.15, 0.2) is 5.78 Å². The van der Waals surface area contributed by atoms with Crippen LogP contribution in [0.15, 0.2) is 35.9 Å². The zero-order valence-corrected chi connectivity index (χ0v) is 20.3. The molecule has 1 saturated carbocycles. The Labute approximate surface area is 201 Å². The summed E-state index contributed by atoms with van der Waals surface area (Å²) in [5.41, 5.74) is 1.66. The van der Waals surface area contributed by atoms with Crippen LogP contribution in [0.5, 0.6) is 0 Å². The van der Waals surface area contributed by atoms with E-state index in [0.29, 0.717) is 25.3 Å². The van der Waals surface area contributed by atoms with Crippen molar-refractivity contribution in [3.8, 4) is 0 Å². The number of ketones is 1. The van der Waals surface area contributed by atoms with Crippen molar-refractivity contribution in [2.24, 2.45) is 11.8 Å². The molecule has 0 spiro atoms. The molecule has 3 unspecified atom stereocenters. The van der Waals surface area contributed by atoms with Crippen LogP contribution < -0.4 is 0 Å². The van der Waals surface area contributed by atoms with E-state index in [-0.39, 0.29) is 34.7 Å². The van der Waals surface area contributed by atoms with E-state index in [0.717, 1.165) is 51.7 Å². The van der Waals surface area contributed by atoms with Gasteiger partial charge in [0.25, 0.3) is 0 Å². The van der Waals surface area contributed by atoms with Crippen molar-refractivity contribution in [1.29, 1.82) is 0 Å². The molecular formula is C26H35FN2O3S. The van der Waals surface area contributed by atoms with Crippen LogP contribution in [0.3, 0.4) is 0 Å². The van der Waals surface area contributed by atoms with Crippen molar-refractivity contribution in [2.75, 3.05) is 39.3 Å². The van der Waals surface area contributed by atoms with Crippen LogP contribution >= 0.6 is 12.6 Å². The molecule has 2 saturated heterocycles. The standard InChI is InChI=1S/C26H35FN2O3S/c1-2-32-26(31)20-6-5-13-28(16-20)14-11-19-17-29(15-12-23(19)33)24(25(30)18-9-10-18)21-7-3-4-8-22(21)27/h3-4,7-8,11,18,20,23-24,33H,2,5-6,9-10,12-17H2,1H3. The lowest BCUT2D eigenvalue weighted by Crippen LogP contribution is -2.43. The summed E-state index contributed by atoms with van der Waals surface area (Å²) in [6.07, 6.45) is 6.70. The zero-order chi connectivity index (χ0) is 23.4. The van der Waals surface area contributed by atoms with Gasteiger partial charge in [-0.2, -0.15) is 12.6 Å². The number of hydrogen-bond acceptors (Lipinski definition) is 6. The smallest absolute Gasteiger partial charge is 0.310 e. The molecule has 0 radical (unpaired) electrons. The fourth-order valence-electron chi connectivity index (χ4n) is 5.05. The molecule has 3 atom stereocenters. The average molecular weight is 475 g/mol. The quantitative estimate of drug-likeness (QED) is 0.350. The molecular weight excluding hydrogens is 439 g/mol. The predicted molar refractivity (Wildman–Crippen MR) is 130 cm³/mol. The Bertz CT molecular complexity index is 888. The van der Waals surface area contributed by atoms with Gasteiger partial charge in [-0.1, -0.05) is 24.3 Å². The van der Waals surface area contributed by atoms with E-state index >= 15 is 0 Å². The molecule has 2 heterocycles. The molecule has 7 heteroatoms. The van der Waals surface area contributed by atoms with Crippen LogP contribution in [0, 0.1) is 17.7 Å². The molecule has 3 fully saturated rings. The first-order valence-electron chi connectivity index (χ1n) is 12.3. The van der Waals surface area contributed by atoms with Gasteiger partial charge in [0.1, 0.15) is 5.82 Å². The van der Waals surface area contributed by atoms with Crippen LogP contribution in [0.4, 0.5) is 4.39 Å². The second-order valence-electron chi connectivity index (χ2n) is 9.51. The van der Waals surface area contributed by atoms with E-state index in [2.05, 4.69) is 15.9 Å². The Morgan fingerprint density at radius 2 is 1.97 bits per heavy atom. The predicted octanol–water partition coefficient (Wildman–Crippen LogP) is 4.05. The van der Waals surface area contributed by atoms with E-state index in [1.54, 1.807) is 12.1 Å². The van der Waals surface area contributed by atoms with Crippen molar-refractivity contribution >= 4 is 24.4 Å². The Balaban J connectivity index is 1.46. The number of carbonyl (C=O) groups excluding carboxylic acids is 2. The van der Waals surface area contributed by atoms with Gasteiger partial charge in [-0.05, 0) is 57.2 Å². The van der Waals surface area contributed by atoms with Gasteiger partial charge < -0.3 is 4.74 Å². The summed E-state index contributed by atoms with van der Waals surface area (Å²) in [4.78, 5) is 29.8. The maximum Gasteiger partial charge on any atom is 0.310 e. The van der Waals surface area contributed by atoms with E-state index in [4.69, 9.17) is 17.4 Å². The first-order valence-corrected chi connectivity index (χ1v) is 12.8. The zero-order valence-electron chi connectivity index (χ0n) is 19.4. The first kappa shape index (κ1) is 24.4. The van der Waals surface area contributed by atoms with Crippen molar-refractivity contribution in [3.05, 3.63) is 47.3 Å². The maximum absolute atomic E-state index is 14.7. The minimum atomic E-state index is -0.536. The molecule has 33 heavy (non-hydrogen) atoms. The SMILES string of the molecule is CCOC(=O)C1CCCN(CC=C2CN(C(C(=O)C3CC3)c3ccccc3F)CCC2S)C1. The van der Waals surface area contributed by atoms with E-state index in [9.17, 15) is 14.0 Å². The van der Waals surface area contributed by atoms with E-state index in [1.165, 1.54) is 11.6 Å². The van der Waals surface area contributed by atoms with Crippen molar-refractivity contribution in [3.63, 3.8) is 0 Å². The summed E-state index contributed by atoms with van der Waals surface area (Å²) < 4.78 is 19.9. The molecule has 0 N–H and O–H groups in total. The highest BCUT2D eigenvalue weighted by molar-refractivity contribution is 7.81. The number of Topliss-reactive ketones (excluding diaryl/α,β-unsaturated/α-hetero) is 1. The second-order valence-corrected chi connectivity index (χ2v) is 10.1. The maximum atomic E-state index is 14.7. The molecule has 0 aromatic heterocycles. The number of nitrogens with zero attached hydrogens (tertiary/aromatic N) is 2. The van der Waals surface area contributed by atoms with Gasteiger partial charge in [-0.25, -0.2) is 4.39 Å². The summed E-state index contributed by atoms with van der Waals surface area (Å²) in [5, 5.41) is 0.129. The Kier molecular flexibility index (Phi) is 8.25. The third-order valence-corrected chi connectivity index (χ3v) is 7.64. The van der Waals surface area contributed by atoms with E-state index < -0.39 is 6.04 Å². The molecule has 0 amide bonds. The highest BCUT2D eigenvalue weighted by atomic mass is 32.1.